The van der Waals surface area contributed by atoms with Crippen LogP contribution in [0.4, 0.5) is 14.5 Å². The molecule has 132 valence electrons. The number of anilines is 1. The first-order chi connectivity index (χ1) is 11.9. The fourth-order valence-corrected chi connectivity index (χ4v) is 3.95. The van der Waals surface area contributed by atoms with E-state index in [2.05, 4.69) is 4.72 Å². The summed E-state index contributed by atoms with van der Waals surface area (Å²) in [4.78, 5) is 13.2. The molecule has 0 aromatic heterocycles. The van der Waals surface area contributed by atoms with Crippen LogP contribution >= 0.6 is 0 Å². The SMILES string of the molecule is O=C1C[C@H](CNS(=O)(=O)c2ccccc2F)CN1c1ccc(F)cc1. The van der Waals surface area contributed by atoms with Crippen molar-refractivity contribution in [2.24, 2.45) is 5.92 Å². The fraction of sp³-hybridized carbons (Fsp3) is 0.235. The molecule has 0 bridgehead atoms. The number of nitrogens with one attached hydrogen (secondary N) is 1. The predicted molar refractivity (Wildman–Crippen MR) is 88.4 cm³/mol. The van der Waals surface area contributed by atoms with Gasteiger partial charge in [-0.3, -0.25) is 4.79 Å². The number of rotatable bonds is 5. The van der Waals surface area contributed by atoms with E-state index in [0.29, 0.717) is 12.2 Å². The van der Waals surface area contributed by atoms with Crippen LogP contribution in [0.25, 0.3) is 0 Å². The summed E-state index contributed by atoms with van der Waals surface area (Å²) in [6.45, 7) is 0.324. The third-order valence-corrected chi connectivity index (χ3v) is 5.49. The van der Waals surface area contributed by atoms with Crippen LogP contribution in [0.5, 0.6) is 0 Å². The first-order valence-electron chi connectivity index (χ1n) is 7.67. The molecule has 8 heteroatoms. The van der Waals surface area contributed by atoms with E-state index in [0.717, 1.165) is 6.07 Å². The van der Waals surface area contributed by atoms with Crippen molar-refractivity contribution in [3.05, 3.63) is 60.2 Å². The van der Waals surface area contributed by atoms with E-state index in [1.807, 2.05) is 0 Å². The van der Waals surface area contributed by atoms with Crippen molar-refractivity contribution in [2.45, 2.75) is 11.3 Å². The highest BCUT2D eigenvalue weighted by atomic mass is 32.2. The van der Waals surface area contributed by atoms with Crippen molar-refractivity contribution in [1.29, 1.82) is 0 Å². The van der Waals surface area contributed by atoms with Gasteiger partial charge in [0, 0.05) is 25.2 Å². The number of halogens is 2. The third kappa shape index (κ3) is 3.85. The van der Waals surface area contributed by atoms with E-state index >= 15 is 0 Å². The molecule has 5 nitrogen and oxygen atoms in total. The predicted octanol–water partition coefficient (Wildman–Crippen LogP) is 2.30. The highest BCUT2D eigenvalue weighted by Gasteiger charge is 2.31. The van der Waals surface area contributed by atoms with E-state index in [9.17, 15) is 22.0 Å². The van der Waals surface area contributed by atoms with Gasteiger partial charge < -0.3 is 4.90 Å². The second kappa shape index (κ2) is 6.89. The summed E-state index contributed by atoms with van der Waals surface area (Å²) in [6, 6.07) is 10.6. The molecule has 0 aliphatic carbocycles. The van der Waals surface area contributed by atoms with Crippen LogP contribution in [-0.2, 0) is 14.8 Å². The average Bonchev–Trinajstić information content (AvgIpc) is 2.95. The van der Waals surface area contributed by atoms with E-state index in [1.165, 1.54) is 47.4 Å². The maximum absolute atomic E-state index is 13.7. The third-order valence-electron chi connectivity index (χ3n) is 4.03. The van der Waals surface area contributed by atoms with Gasteiger partial charge in [0.2, 0.25) is 15.9 Å². The van der Waals surface area contributed by atoms with Crippen molar-refractivity contribution in [2.75, 3.05) is 18.0 Å². The van der Waals surface area contributed by atoms with E-state index in [1.54, 1.807) is 0 Å². The van der Waals surface area contributed by atoms with Gasteiger partial charge >= 0.3 is 0 Å². The largest absolute Gasteiger partial charge is 0.312 e. The van der Waals surface area contributed by atoms with Gasteiger partial charge in [-0.1, -0.05) is 12.1 Å². The van der Waals surface area contributed by atoms with E-state index < -0.39 is 26.6 Å². The smallest absolute Gasteiger partial charge is 0.243 e. The van der Waals surface area contributed by atoms with Crippen LogP contribution in [0.3, 0.4) is 0 Å². The van der Waals surface area contributed by atoms with Gasteiger partial charge in [0.1, 0.15) is 16.5 Å². The molecule has 1 fully saturated rings. The standard InChI is InChI=1S/C17H16F2N2O3S/c18-13-5-7-14(8-6-13)21-11-12(9-17(21)22)10-20-25(23,24)16-4-2-1-3-15(16)19/h1-8,12,20H,9-11H2/t12-/m1/s1. The lowest BCUT2D eigenvalue weighted by Gasteiger charge is -2.17. The topological polar surface area (TPSA) is 66.5 Å². The number of carbonyl (C=O) groups is 1. The van der Waals surface area contributed by atoms with Crippen LogP contribution in [0, 0.1) is 17.6 Å². The monoisotopic (exact) mass is 366 g/mol. The Morgan fingerprint density at radius 1 is 1.08 bits per heavy atom. The van der Waals surface area contributed by atoms with Gasteiger partial charge in [0.25, 0.3) is 0 Å². The number of hydrogen-bond acceptors (Lipinski definition) is 3. The molecule has 2 aromatic carbocycles. The zero-order valence-electron chi connectivity index (χ0n) is 13.2. The average molecular weight is 366 g/mol. The van der Waals surface area contributed by atoms with Crippen LogP contribution in [0.2, 0.25) is 0 Å². The zero-order valence-corrected chi connectivity index (χ0v) is 14.0. The molecule has 2 aromatic rings. The number of carbonyl (C=O) groups excluding carboxylic acids is 1. The maximum Gasteiger partial charge on any atom is 0.243 e. The first kappa shape index (κ1) is 17.5. The quantitative estimate of drug-likeness (QED) is 0.883. The Kier molecular flexibility index (Phi) is 4.82. The minimum absolute atomic E-state index is 0.0140. The Hall–Kier alpha value is -2.32. The minimum Gasteiger partial charge on any atom is -0.312 e. The molecule has 1 amide bonds. The van der Waals surface area contributed by atoms with Gasteiger partial charge in [-0.05, 0) is 42.3 Å². The highest BCUT2D eigenvalue weighted by Crippen LogP contribution is 2.25. The Bertz CT molecular complexity index is 885. The zero-order chi connectivity index (χ0) is 18.0. The van der Waals surface area contributed by atoms with E-state index in [4.69, 9.17) is 0 Å². The molecule has 1 aliphatic heterocycles. The lowest BCUT2D eigenvalue weighted by molar-refractivity contribution is -0.117. The Labute approximate surface area is 144 Å². The summed E-state index contributed by atoms with van der Waals surface area (Å²) >= 11 is 0. The molecule has 1 heterocycles. The molecule has 3 rings (SSSR count). The minimum atomic E-state index is -3.99. The molecule has 0 saturated carbocycles. The lowest BCUT2D eigenvalue weighted by atomic mass is 10.1. The number of nitrogens with zero attached hydrogens (tertiary/aromatic N) is 1. The molecule has 0 radical (unpaired) electrons. The number of sulfonamides is 1. The molecule has 1 N–H and O–H groups in total. The van der Waals surface area contributed by atoms with Crippen molar-refractivity contribution in [1.82, 2.24) is 4.72 Å². The summed E-state index contributed by atoms with van der Waals surface area (Å²) in [5, 5.41) is 0. The van der Waals surface area contributed by atoms with Gasteiger partial charge in [-0.15, -0.1) is 0 Å². The van der Waals surface area contributed by atoms with Crippen LogP contribution in [-0.4, -0.2) is 27.4 Å². The molecule has 25 heavy (non-hydrogen) atoms. The second-order valence-corrected chi connectivity index (χ2v) is 7.57. The van der Waals surface area contributed by atoms with Crippen molar-refractivity contribution in [3.8, 4) is 0 Å². The van der Waals surface area contributed by atoms with Crippen LogP contribution in [0.1, 0.15) is 6.42 Å². The Balaban J connectivity index is 1.66. The van der Waals surface area contributed by atoms with Gasteiger partial charge in [0.05, 0.1) is 0 Å². The second-order valence-electron chi connectivity index (χ2n) is 5.83. The number of amides is 1. The maximum atomic E-state index is 13.7. The molecule has 1 aliphatic rings. The summed E-state index contributed by atoms with van der Waals surface area (Å²) in [7, 11) is -3.99. The van der Waals surface area contributed by atoms with Crippen molar-refractivity contribution < 1.29 is 22.0 Å². The molecule has 1 saturated heterocycles. The normalized spacial score (nSPS) is 17.9. The fourth-order valence-electron chi connectivity index (χ4n) is 2.76. The van der Waals surface area contributed by atoms with Gasteiger partial charge in [-0.25, -0.2) is 21.9 Å². The Morgan fingerprint density at radius 3 is 2.44 bits per heavy atom. The molecule has 0 spiro atoms. The van der Waals surface area contributed by atoms with E-state index in [-0.39, 0.29) is 24.8 Å². The molecular formula is C17H16F2N2O3S. The van der Waals surface area contributed by atoms with Crippen molar-refractivity contribution >= 4 is 21.6 Å². The number of hydrogen-bond donors (Lipinski definition) is 1. The van der Waals surface area contributed by atoms with Gasteiger partial charge in [0.15, 0.2) is 0 Å². The first-order valence-corrected chi connectivity index (χ1v) is 9.15. The summed E-state index contributed by atoms with van der Waals surface area (Å²) in [6.07, 6.45) is 0.164. The molecule has 0 unspecified atom stereocenters. The number of benzene rings is 2. The molecule has 1 atom stereocenters. The summed E-state index contributed by atoms with van der Waals surface area (Å²) < 4.78 is 53.4. The highest BCUT2D eigenvalue weighted by molar-refractivity contribution is 7.89. The lowest BCUT2D eigenvalue weighted by Crippen LogP contribution is -2.31. The summed E-state index contributed by atoms with van der Waals surface area (Å²) in [5.41, 5.74) is 0.561. The Morgan fingerprint density at radius 2 is 1.76 bits per heavy atom. The van der Waals surface area contributed by atoms with Crippen LogP contribution in [0.15, 0.2) is 53.4 Å². The van der Waals surface area contributed by atoms with Crippen molar-refractivity contribution in [3.63, 3.8) is 0 Å². The van der Waals surface area contributed by atoms with Crippen LogP contribution < -0.4 is 9.62 Å². The molecular weight excluding hydrogens is 350 g/mol. The van der Waals surface area contributed by atoms with Gasteiger partial charge in [-0.2, -0.15) is 0 Å². The summed E-state index contributed by atoms with van der Waals surface area (Å²) in [5.74, 6) is -1.64.